The third-order valence-electron chi connectivity index (χ3n) is 1.35. The highest BCUT2D eigenvalue weighted by atomic mass is 32.1. The molecule has 4 heteroatoms. The second kappa shape index (κ2) is 4.01. The summed E-state index contributed by atoms with van der Waals surface area (Å²) in [6.45, 7) is 0. The molecular weight excluding hydrogens is 174 g/mol. The van der Waals surface area contributed by atoms with Crippen molar-refractivity contribution >= 4 is 24.7 Å². The van der Waals surface area contributed by atoms with E-state index >= 15 is 0 Å². The minimum atomic E-state index is -0.944. The fraction of sp³-hybridized carbons (Fsp3) is 0.125. The zero-order chi connectivity index (χ0) is 8.97. The van der Waals surface area contributed by atoms with Crippen LogP contribution in [0.4, 0.5) is 0 Å². The van der Waals surface area contributed by atoms with Gasteiger partial charge < -0.3 is 10.1 Å². The molecule has 0 spiro atoms. The van der Waals surface area contributed by atoms with Crippen molar-refractivity contribution in [3.8, 4) is 0 Å². The highest BCUT2D eigenvalue weighted by Crippen LogP contribution is 2.05. The molecule has 0 fully saturated rings. The molecule has 0 atom stereocenters. The molecule has 0 aliphatic rings. The standard InChI is InChI=1S/C8H9NO2S/c10-8(11)7-4-6(5-9-7)2-1-3-12/h1-2,4-5,9,12H,3H2,(H,10,11). The van der Waals surface area contributed by atoms with Gasteiger partial charge >= 0.3 is 5.97 Å². The number of hydrogen-bond donors (Lipinski definition) is 3. The summed E-state index contributed by atoms with van der Waals surface area (Å²) in [6, 6.07) is 1.57. The van der Waals surface area contributed by atoms with E-state index in [0.717, 1.165) is 5.56 Å². The van der Waals surface area contributed by atoms with Crippen molar-refractivity contribution in [2.24, 2.45) is 0 Å². The van der Waals surface area contributed by atoms with E-state index in [1.165, 1.54) is 0 Å². The average molecular weight is 183 g/mol. The van der Waals surface area contributed by atoms with E-state index < -0.39 is 5.97 Å². The lowest BCUT2D eigenvalue weighted by Crippen LogP contribution is -1.94. The maximum absolute atomic E-state index is 10.4. The second-order valence-corrected chi connectivity index (χ2v) is 2.60. The number of H-pyrrole nitrogens is 1. The van der Waals surface area contributed by atoms with Gasteiger partial charge in [-0.25, -0.2) is 4.79 Å². The van der Waals surface area contributed by atoms with Crippen molar-refractivity contribution in [1.82, 2.24) is 4.98 Å². The Kier molecular flexibility index (Phi) is 2.99. The van der Waals surface area contributed by atoms with Crippen LogP contribution in [0, 0.1) is 0 Å². The average Bonchev–Trinajstić information content (AvgIpc) is 2.48. The zero-order valence-electron chi connectivity index (χ0n) is 6.32. The van der Waals surface area contributed by atoms with Crippen molar-refractivity contribution in [3.05, 3.63) is 29.6 Å². The van der Waals surface area contributed by atoms with Crippen LogP contribution in [0.15, 0.2) is 18.3 Å². The van der Waals surface area contributed by atoms with E-state index in [1.807, 2.05) is 12.2 Å². The molecule has 0 saturated heterocycles. The molecule has 2 N–H and O–H groups in total. The molecule has 0 amide bonds. The van der Waals surface area contributed by atoms with Crippen LogP contribution in [0.1, 0.15) is 16.1 Å². The first-order chi connectivity index (χ1) is 5.74. The monoisotopic (exact) mass is 183 g/mol. The molecule has 0 aliphatic carbocycles. The summed E-state index contributed by atoms with van der Waals surface area (Å²) < 4.78 is 0. The minimum absolute atomic E-state index is 0.203. The van der Waals surface area contributed by atoms with Gasteiger partial charge in [0.15, 0.2) is 0 Å². The Morgan fingerprint density at radius 2 is 2.50 bits per heavy atom. The van der Waals surface area contributed by atoms with Gasteiger partial charge in [-0.1, -0.05) is 12.2 Å². The number of carboxylic acid groups (broad SMARTS) is 1. The lowest BCUT2D eigenvalue weighted by Gasteiger charge is -1.82. The van der Waals surface area contributed by atoms with Crippen molar-refractivity contribution in [2.45, 2.75) is 0 Å². The zero-order valence-corrected chi connectivity index (χ0v) is 7.21. The van der Waals surface area contributed by atoms with E-state index in [1.54, 1.807) is 12.3 Å². The number of rotatable bonds is 3. The number of carbonyl (C=O) groups is 1. The first-order valence-electron chi connectivity index (χ1n) is 3.43. The highest BCUT2D eigenvalue weighted by Gasteiger charge is 2.02. The Morgan fingerprint density at radius 3 is 3.00 bits per heavy atom. The van der Waals surface area contributed by atoms with E-state index in [4.69, 9.17) is 5.11 Å². The number of aromatic amines is 1. The lowest BCUT2D eigenvalue weighted by atomic mass is 10.3. The maximum Gasteiger partial charge on any atom is 0.352 e. The second-order valence-electron chi connectivity index (χ2n) is 2.24. The predicted octanol–water partition coefficient (Wildman–Crippen LogP) is 1.66. The molecule has 64 valence electrons. The minimum Gasteiger partial charge on any atom is -0.477 e. The van der Waals surface area contributed by atoms with Gasteiger partial charge in [0.25, 0.3) is 0 Å². The molecule has 0 unspecified atom stereocenters. The Labute approximate surface area is 75.5 Å². The van der Waals surface area contributed by atoms with Crippen LogP contribution in [0.25, 0.3) is 6.08 Å². The van der Waals surface area contributed by atoms with Crippen LogP contribution in [0.3, 0.4) is 0 Å². The third kappa shape index (κ3) is 2.17. The number of nitrogens with one attached hydrogen (secondary N) is 1. The Morgan fingerprint density at radius 1 is 1.75 bits per heavy atom. The van der Waals surface area contributed by atoms with Crippen molar-refractivity contribution in [3.63, 3.8) is 0 Å². The van der Waals surface area contributed by atoms with Gasteiger partial charge in [0.1, 0.15) is 5.69 Å². The van der Waals surface area contributed by atoms with Crippen LogP contribution in [0.2, 0.25) is 0 Å². The van der Waals surface area contributed by atoms with Gasteiger partial charge in [0, 0.05) is 11.9 Å². The van der Waals surface area contributed by atoms with Crippen LogP contribution < -0.4 is 0 Å². The molecule has 1 rings (SSSR count). The number of hydrogen-bond acceptors (Lipinski definition) is 2. The van der Waals surface area contributed by atoms with Gasteiger partial charge in [-0.2, -0.15) is 12.6 Å². The first-order valence-corrected chi connectivity index (χ1v) is 4.06. The van der Waals surface area contributed by atoms with Crippen LogP contribution in [0.5, 0.6) is 0 Å². The number of aromatic nitrogens is 1. The van der Waals surface area contributed by atoms with Crippen molar-refractivity contribution in [1.29, 1.82) is 0 Å². The highest BCUT2D eigenvalue weighted by molar-refractivity contribution is 7.80. The van der Waals surface area contributed by atoms with Gasteiger partial charge in [-0.3, -0.25) is 0 Å². The molecule has 0 saturated carbocycles. The summed E-state index contributed by atoms with van der Waals surface area (Å²) in [6.07, 6.45) is 5.30. The largest absolute Gasteiger partial charge is 0.477 e. The van der Waals surface area contributed by atoms with Gasteiger partial charge in [-0.15, -0.1) is 0 Å². The SMILES string of the molecule is O=C(O)c1cc(C=CCS)c[nH]1. The Hall–Kier alpha value is -1.16. The molecule has 0 bridgehead atoms. The fourth-order valence-electron chi connectivity index (χ4n) is 0.820. The van der Waals surface area contributed by atoms with Crippen molar-refractivity contribution in [2.75, 3.05) is 5.75 Å². The topological polar surface area (TPSA) is 53.1 Å². The molecule has 0 aromatic carbocycles. The summed E-state index contributed by atoms with van der Waals surface area (Å²) in [5.41, 5.74) is 1.05. The quantitative estimate of drug-likeness (QED) is 0.624. The summed E-state index contributed by atoms with van der Waals surface area (Å²) in [5, 5.41) is 8.55. The number of thiol groups is 1. The summed E-state index contributed by atoms with van der Waals surface area (Å²) in [4.78, 5) is 13.1. The number of aromatic carboxylic acids is 1. The van der Waals surface area contributed by atoms with Crippen LogP contribution in [-0.2, 0) is 0 Å². The van der Waals surface area contributed by atoms with Crippen LogP contribution >= 0.6 is 12.6 Å². The first kappa shape index (κ1) is 8.93. The van der Waals surface area contributed by atoms with E-state index in [9.17, 15) is 4.79 Å². The lowest BCUT2D eigenvalue weighted by molar-refractivity contribution is 0.0691. The molecule has 0 radical (unpaired) electrons. The summed E-state index contributed by atoms with van der Waals surface area (Å²) >= 11 is 3.98. The van der Waals surface area contributed by atoms with Gasteiger partial charge in [-0.05, 0) is 11.6 Å². The molecule has 1 aromatic rings. The van der Waals surface area contributed by atoms with Gasteiger partial charge in [0.05, 0.1) is 0 Å². The van der Waals surface area contributed by atoms with E-state index in [0.29, 0.717) is 5.75 Å². The molecule has 12 heavy (non-hydrogen) atoms. The molecule has 1 heterocycles. The Bertz CT molecular complexity index is 304. The van der Waals surface area contributed by atoms with E-state index in [2.05, 4.69) is 17.6 Å². The molecule has 0 aliphatic heterocycles. The molecule has 1 aromatic heterocycles. The van der Waals surface area contributed by atoms with Crippen molar-refractivity contribution < 1.29 is 9.90 Å². The summed E-state index contributed by atoms with van der Waals surface area (Å²) in [7, 11) is 0. The molecular formula is C8H9NO2S. The third-order valence-corrected chi connectivity index (χ3v) is 1.56. The smallest absolute Gasteiger partial charge is 0.352 e. The van der Waals surface area contributed by atoms with Gasteiger partial charge in [0.2, 0.25) is 0 Å². The predicted molar refractivity (Wildman–Crippen MR) is 50.6 cm³/mol. The number of carboxylic acids is 1. The molecule has 3 nitrogen and oxygen atoms in total. The Balaban J connectivity index is 2.77. The van der Waals surface area contributed by atoms with E-state index in [-0.39, 0.29) is 5.69 Å². The fourth-order valence-corrected chi connectivity index (χ4v) is 0.925. The maximum atomic E-state index is 10.4. The van der Waals surface area contributed by atoms with Crippen LogP contribution in [-0.4, -0.2) is 21.8 Å². The summed E-state index contributed by atoms with van der Waals surface area (Å²) in [5.74, 6) is -0.298. The normalized spacial score (nSPS) is 10.8.